The van der Waals surface area contributed by atoms with Crippen LogP contribution in [0.5, 0.6) is 0 Å². The molecule has 0 bridgehead atoms. The fourth-order valence-electron chi connectivity index (χ4n) is 1.38. The zero-order valence-electron chi connectivity index (χ0n) is 9.92. The van der Waals surface area contributed by atoms with Crippen molar-refractivity contribution in [2.45, 2.75) is 19.1 Å². The van der Waals surface area contributed by atoms with Crippen LogP contribution in [0.25, 0.3) is 0 Å². The van der Waals surface area contributed by atoms with Crippen LogP contribution in [-0.4, -0.2) is 36.4 Å². The van der Waals surface area contributed by atoms with E-state index in [1.54, 1.807) is 11.4 Å². The van der Waals surface area contributed by atoms with Crippen LogP contribution in [0.15, 0.2) is 11.4 Å². The zero-order valence-corrected chi connectivity index (χ0v) is 10.7. The Labute approximate surface area is 108 Å². The summed E-state index contributed by atoms with van der Waals surface area (Å²) in [6.45, 7) is -0.652. The Balaban J connectivity index is 2.52. The lowest BCUT2D eigenvalue weighted by Crippen LogP contribution is -2.30. The summed E-state index contributed by atoms with van der Waals surface area (Å²) in [6, 6.07) is 1.78. The molecule has 0 aromatic carbocycles. The third kappa shape index (κ3) is 6.05. The van der Waals surface area contributed by atoms with E-state index < -0.39 is 12.7 Å². The van der Waals surface area contributed by atoms with Gasteiger partial charge in [-0.25, -0.2) is 0 Å². The lowest BCUT2D eigenvalue weighted by atomic mass is 10.3. The van der Waals surface area contributed by atoms with Crippen LogP contribution in [0, 0.1) is 11.8 Å². The van der Waals surface area contributed by atoms with Crippen molar-refractivity contribution in [3.63, 3.8) is 0 Å². The Morgan fingerprint density at radius 3 is 2.78 bits per heavy atom. The first-order chi connectivity index (χ1) is 8.40. The summed E-state index contributed by atoms with van der Waals surface area (Å²) in [4.78, 5) is 2.06. The van der Waals surface area contributed by atoms with Crippen LogP contribution in [0.2, 0.25) is 0 Å². The van der Waals surface area contributed by atoms with Crippen molar-refractivity contribution in [1.82, 2.24) is 4.90 Å². The van der Waals surface area contributed by atoms with Crippen molar-refractivity contribution in [3.8, 4) is 11.8 Å². The maximum absolute atomic E-state index is 12.1. The van der Waals surface area contributed by atoms with Crippen molar-refractivity contribution in [1.29, 1.82) is 0 Å². The van der Waals surface area contributed by atoms with Gasteiger partial charge in [0.25, 0.3) is 0 Å². The van der Waals surface area contributed by atoms with Gasteiger partial charge in [0.05, 0.1) is 13.2 Å². The molecular weight excluding hydrogens is 263 g/mol. The molecule has 1 rings (SSSR count). The predicted molar refractivity (Wildman–Crippen MR) is 65.3 cm³/mol. The van der Waals surface area contributed by atoms with Gasteiger partial charge in [0.2, 0.25) is 0 Å². The summed E-state index contributed by atoms with van der Waals surface area (Å²) in [7, 11) is 1.43. The zero-order chi connectivity index (χ0) is 13.6. The van der Waals surface area contributed by atoms with E-state index in [-0.39, 0.29) is 13.2 Å². The Bertz CT molecular complexity index is 431. The van der Waals surface area contributed by atoms with Crippen LogP contribution < -0.4 is 0 Å². The van der Waals surface area contributed by atoms with Crippen molar-refractivity contribution >= 4 is 11.3 Å². The maximum Gasteiger partial charge on any atom is 0.401 e. The molecule has 0 atom stereocenters. The highest BCUT2D eigenvalue weighted by molar-refractivity contribution is 7.10. The molecule has 0 unspecified atom stereocenters. The van der Waals surface area contributed by atoms with E-state index in [1.807, 2.05) is 0 Å². The minimum Gasteiger partial charge on any atom is -0.395 e. The monoisotopic (exact) mass is 277 g/mol. The molecule has 1 heterocycles. The molecule has 6 heteroatoms. The maximum atomic E-state index is 12.1. The fourth-order valence-corrected chi connectivity index (χ4v) is 2.27. The molecule has 100 valence electrons. The normalized spacial score (nSPS) is 11.4. The molecule has 0 saturated heterocycles. The highest BCUT2D eigenvalue weighted by atomic mass is 32.1. The summed E-state index contributed by atoms with van der Waals surface area (Å²) < 4.78 is 36.4. The first-order valence-electron chi connectivity index (χ1n) is 5.33. The molecule has 18 heavy (non-hydrogen) atoms. The third-order valence-corrected chi connectivity index (χ3v) is 2.92. The molecule has 1 N–H and O–H groups in total. The van der Waals surface area contributed by atoms with E-state index in [0.29, 0.717) is 6.42 Å². The average molecular weight is 277 g/mol. The van der Waals surface area contributed by atoms with E-state index in [2.05, 4.69) is 11.8 Å². The molecule has 0 fully saturated rings. The Kier molecular flexibility index (Phi) is 5.66. The van der Waals surface area contributed by atoms with E-state index in [4.69, 9.17) is 5.11 Å². The summed E-state index contributed by atoms with van der Waals surface area (Å²) in [6.07, 6.45) is -3.77. The van der Waals surface area contributed by atoms with E-state index in [1.165, 1.54) is 23.3 Å². The molecule has 2 nitrogen and oxygen atoms in total. The molecule has 0 spiro atoms. The molecule has 0 radical (unpaired) electrons. The number of aliphatic hydroxyl groups excluding tert-OH is 1. The van der Waals surface area contributed by atoms with Crippen molar-refractivity contribution in [2.24, 2.45) is 0 Å². The number of nitrogens with zero attached hydrogens (tertiary/aromatic N) is 1. The quantitative estimate of drug-likeness (QED) is 0.855. The van der Waals surface area contributed by atoms with Crippen LogP contribution in [0.3, 0.4) is 0 Å². The highest BCUT2D eigenvalue weighted by Gasteiger charge is 2.29. The number of hydrogen-bond acceptors (Lipinski definition) is 3. The number of hydrogen-bond donors (Lipinski definition) is 1. The third-order valence-electron chi connectivity index (χ3n) is 2.00. The van der Waals surface area contributed by atoms with E-state index >= 15 is 0 Å². The molecule has 0 aliphatic rings. The number of halogens is 3. The first-order valence-corrected chi connectivity index (χ1v) is 6.21. The van der Waals surface area contributed by atoms with E-state index in [0.717, 1.165) is 10.4 Å². The van der Waals surface area contributed by atoms with E-state index in [9.17, 15) is 13.2 Å². The molecular formula is C12H14F3NOS. The van der Waals surface area contributed by atoms with Gasteiger partial charge in [0.15, 0.2) is 0 Å². The smallest absolute Gasteiger partial charge is 0.395 e. The molecule has 0 saturated carbocycles. The SMILES string of the molecule is CN(Cc1cc(C#CCCO)cs1)CC(F)(F)F. The standard InChI is InChI=1S/C12H14F3NOS/c1-16(9-12(13,14)15)7-11-6-10(8-18-11)4-2-3-5-17/h6,8,17H,3,5,7,9H2,1H3. The second-order valence-corrected chi connectivity index (χ2v) is 4.86. The van der Waals surface area contributed by atoms with Gasteiger partial charge in [0.1, 0.15) is 0 Å². The summed E-state index contributed by atoms with van der Waals surface area (Å²) in [5.41, 5.74) is 0.781. The molecule has 1 aromatic rings. The topological polar surface area (TPSA) is 23.5 Å². The Morgan fingerprint density at radius 2 is 2.17 bits per heavy atom. The van der Waals surface area contributed by atoms with Gasteiger partial charge in [0, 0.05) is 28.8 Å². The number of aliphatic hydroxyl groups is 1. The van der Waals surface area contributed by atoms with Gasteiger partial charge in [-0.1, -0.05) is 11.8 Å². The van der Waals surface area contributed by atoms with Crippen molar-refractivity contribution in [3.05, 3.63) is 21.9 Å². The molecule has 0 aliphatic carbocycles. The highest BCUT2D eigenvalue weighted by Crippen LogP contribution is 2.19. The molecule has 1 aromatic heterocycles. The van der Waals surface area contributed by atoms with Gasteiger partial charge in [-0.15, -0.1) is 11.3 Å². The number of alkyl halides is 3. The summed E-state index contributed by atoms with van der Waals surface area (Å²) >= 11 is 1.39. The largest absolute Gasteiger partial charge is 0.401 e. The summed E-state index contributed by atoms with van der Waals surface area (Å²) in [5, 5.41) is 10.4. The Hall–Kier alpha value is -1.03. The minimum atomic E-state index is -4.17. The fraction of sp³-hybridized carbons (Fsp3) is 0.500. The van der Waals surface area contributed by atoms with Crippen LogP contribution in [-0.2, 0) is 6.54 Å². The van der Waals surface area contributed by atoms with Gasteiger partial charge in [-0.05, 0) is 13.1 Å². The van der Waals surface area contributed by atoms with Gasteiger partial charge < -0.3 is 5.11 Å². The van der Waals surface area contributed by atoms with Crippen molar-refractivity contribution < 1.29 is 18.3 Å². The first kappa shape index (κ1) is 15.0. The van der Waals surface area contributed by atoms with Crippen LogP contribution in [0.1, 0.15) is 16.9 Å². The second-order valence-electron chi connectivity index (χ2n) is 3.86. The summed E-state index contributed by atoms with van der Waals surface area (Å²) in [5.74, 6) is 5.62. The average Bonchev–Trinajstić information content (AvgIpc) is 2.63. The lowest BCUT2D eigenvalue weighted by Gasteiger charge is -2.17. The molecule has 0 aliphatic heterocycles. The van der Waals surface area contributed by atoms with Crippen LogP contribution in [0.4, 0.5) is 13.2 Å². The van der Waals surface area contributed by atoms with Crippen molar-refractivity contribution in [2.75, 3.05) is 20.2 Å². The number of thiophene rings is 1. The van der Waals surface area contributed by atoms with Gasteiger partial charge in [-0.2, -0.15) is 13.2 Å². The number of rotatable bonds is 4. The minimum absolute atomic E-state index is 0.0122. The van der Waals surface area contributed by atoms with Crippen LogP contribution >= 0.6 is 11.3 Å². The van der Waals surface area contributed by atoms with Gasteiger partial charge >= 0.3 is 6.18 Å². The lowest BCUT2D eigenvalue weighted by molar-refractivity contribution is -0.143. The molecule has 0 amide bonds. The predicted octanol–water partition coefficient (Wildman–Crippen LogP) is 2.48. The second kappa shape index (κ2) is 6.78. The van der Waals surface area contributed by atoms with Gasteiger partial charge in [-0.3, -0.25) is 4.90 Å². The Morgan fingerprint density at radius 1 is 1.44 bits per heavy atom.